The van der Waals surface area contributed by atoms with E-state index in [0.717, 1.165) is 12.8 Å². The quantitative estimate of drug-likeness (QED) is 0.436. The second-order valence-electron chi connectivity index (χ2n) is 4.54. The van der Waals surface area contributed by atoms with Gasteiger partial charge in [0, 0.05) is 17.2 Å². The molecule has 0 unspecified atom stereocenters. The minimum absolute atomic E-state index is 0.0763. The molecule has 20 heavy (non-hydrogen) atoms. The first kappa shape index (κ1) is 13.6. The molecule has 1 aliphatic carbocycles. The number of primary amides is 1. The third-order valence-corrected chi connectivity index (χ3v) is 2.99. The number of carbonyl (C=O) groups is 2. The number of allylic oxidation sites excluding steroid dienone is 1. The van der Waals surface area contributed by atoms with Gasteiger partial charge in [-0.2, -0.15) is 5.26 Å². The fourth-order valence-electron chi connectivity index (χ4n) is 1.70. The predicted octanol–water partition coefficient (Wildman–Crippen LogP) is 1.47. The van der Waals surface area contributed by atoms with Crippen LogP contribution in [0.2, 0.25) is 0 Å². The Balaban J connectivity index is 2.13. The van der Waals surface area contributed by atoms with Crippen LogP contribution in [-0.2, 0) is 4.79 Å². The van der Waals surface area contributed by atoms with Crippen molar-refractivity contribution in [3.8, 4) is 6.07 Å². The Kier molecular flexibility index (Phi) is 3.71. The number of anilines is 1. The lowest BCUT2D eigenvalue weighted by molar-refractivity contribution is -0.112. The third kappa shape index (κ3) is 2.95. The molecular weight excluding hydrogens is 258 g/mol. The highest BCUT2D eigenvalue weighted by Gasteiger charge is 2.30. The molecular formula is C14H13N3O3. The summed E-state index contributed by atoms with van der Waals surface area (Å²) in [5.74, 6) is -1.46. The Morgan fingerprint density at radius 1 is 1.30 bits per heavy atom. The van der Waals surface area contributed by atoms with Crippen molar-refractivity contribution >= 4 is 17.5 Å². The lowest BCUT2D eigenvalue weighted by atomic mass is 10.1. The molecule has 6 nitrogen and oxygen atoms in total. The molecule has 1 fully saturated rings. The second-order valence-corrected chi connectivity index (χ2v) is 4.54. The first-order valence-electron chi connectivity index (χ1n) is 6.07. The minimum atomic E-state index is -0.663. The summed E-state index contributed by atoms with van der Waals surface area (Å²) in [6, 6.07) is 7.65. The van der Waals surface area contributed by atoms with E-state index in [1.54, 1.807) is 6.07 Å². The number of amides is 2. The minimum Gasteiger partial charge on any atom is -0.510 e. The first-order chi connectivity index (χ1) is 9.52. The molecule has 1 aromatic rings. The van der Waals surface area contributed by atoms with E-state index < -0.39 is 11.8 Å². The van der Waals surface area contributed by atoms with Gasteiger partial charge in [-0.05, 0) is 37.1 Å². The lowest BCUT2D eigenvalue weighted by Gasteiger charge is -2.06. The van der Waals surface area contributed by atoms with E-state index in [1.807, 2.05) is 0 Å². The van der Waals surface area contributed by atoms with Gasteiger partial charge in [-0.25, -0.2) is 0 Å². The van der Waals surface area contributed by atoms with Crippen LogP contribution in [0.15, 0.2) is 35.6 Å². The molecule has 2 rings (SSSR count). The summed E-state index contributed by atoms with van der Waals surface area (Å²) < 4.78 is 0. The van der Waals surface area contributed by atoms with Crippen molar-refractivity contribution in [1.82, 2.24) is 0 Å². The molecule has 6 heteroatoms. The van der Waals surface area contributed by atoms with E-state index in [4.69, 9.17) is 11.0 Å². The number of nitrogens with two attached hydrogens (primary N) is 1. The van der Waals surface area contributed by atoms with E-state index in [2.05, 4.69) is 5.32 Å². The van der Waals surface area contributed by atoms with Gasteiger partial charge in [-0.1, -0.05) is 0 Å². The average molecular weight is 271 g/mol. The number of hydrogen-bond acceptors (Lipinski definition) is 4. The van der Waals surface area contributed by atoms with Gasteiger partial charge >= 0.3 is 0 Å². The number of nitrogens with one attached hydrogen (secondary N) is 1. The van der Waals surface area contributed by atoms with Crippen molar-refractivity contribution in [1.29, 1.82) is 5.26 Å². The Hall–Kier alpha value is -2.81. The molecule has 0 aliphatic heterocycles. The Morgan fingerprint density at radius 2 is 1.90 bits per heavy atom. The highest BCUT2D eigenvalue weighted by Crippen LogP contribution is 2.36. The molecule has 4 N–H and O–H groups in total. The van der Waals surface area contributed by atoms with Crippen LogP contribution in [0, 0.1) is 17.2 Å². The molecule has 0 bridgehead atoms. The topological polar surface area (TPSA) is 116 Å². The van der Waals surface area contributed by atoms with E-state index in [0.29, 0.717) is 11.3 Å². The van der Waals surface area contributed by atoms with Crippen LogP contribution >= 0.6 is 0 Å². The van der Waals surface area contributed by atoms with Crippen molar-refractivity contribution < 1.29 is 14.7 Å². The average Bonchev–Trinajstić information content (AvgIpc) is 3.24. The number of aliphatic hydroxyl groups is 1. The zero-order valence-electron chi connectivity index (χ0n) is 10.6. The van der Waals surface area contributed by atoms with Gasteiger partial charge in [0.15, 0.2) is 5.57 Å². The Bertz CT molecular complexity index is 622. The molecule has 0 heterocycles. The van der Waals surface area contributed by atoms with Crippen molar-refractivity contribution in [3.05, 3.63) is 41.2 Å². The molecule has 102 valence electrons. The van der Waals surface area contributed by atoms with E-state index >= 15 is 0 Å². The van der Waals surface area contributed by atoms with Gasteiger partial charge in [0.25, 0.3) is 5.91 Å². The lowest BCUT2D eigenvalue weighted by Crippen LogP contribution is -2.16. The van der Waals surface area contributed by atoms with Crippen LogP contribution in [0.4, 0.5) is 5.69 Å². The van der Waals surface area contributed by atoms with Crippen LogP contribution in [-0.4, -0.2) is 16.9 Å². The molecule has 0 spiro atoms. The fraction of sp³-hybridized carbons (Fsp3) is 0.214. The summed E-state index contributed by atoms with van der Waals surface area (Å²) in [5, 5.41) is 21.2. The highest BCUT2D eigenvalue weighted by atomic mass is 16.3. The Labute approximate surface area is 115 Å². The molecule has 2 amide bonds. The van der Waals surface area contributed by atoms with Crippen molar-refractivity contribution in [2.24, 2.45) is 11.7 Å². The predicted molar refractivity (Wildman–Crippen MR) is 71.6 cm³/mol. The molecule has 1 saturated carbocycles. The zero-order chi connectivity index (χ0) is 14.7. The zero-order valence-corrected chi connectivity index (χ0v) is 10.6. The van der Waals surface area contributed by atoms with Gasteiger partial charge in [0.2, 0.25) is 5.91 Å². The number of hydrogen-bond donors (Lipinski definition) is 3. The van der Waals surface area contributed by atoms with Gasteiger partial charge in [0.1, 0.15) is 11.8 Å². The monoisotopic (exact) mass is 271 g/mol. The molecule has 0 aromatic heterocycles. The summed E-state index contributed by atoms with van der Waals surface area (Å²) in [6.07, 6.45) is 1.58. The van der Waals surface area contributed by atoms with E-state index in [1.165, 1.54) is 24.3 Å². The Morgan fingerprint density at radius 3 is 2.35 bits per heavy atom. The van der Waals surface area contributed by atoms with Crippen LogP contribution in [0.25, 0.3) is 0 Å². The summed E-state index contributed by atoms with van der Waals surface area (Å²) in [7, 11) is 0. The van der Waals surface area contributed by atoms with Crippen molar-refractivity contribution in [2.45, 2.75) is 12.8 Å². The largest absolute Gasteiger partial charge is 0.510 e. The molecule has 0 atom stereocenters. The van der Waals surface area contributed by atoms with Gasteiger partial charge in [-0.15, -0.1) is 0 Å². The number of carbonyl (C=O) groups excluding carboxylic acids is 2. The normalized spacial score (nSPS) is 14.9. The summed E-state index contributed by atoms with van der Waals surface area (Å²) in [5.41, 5.74) is 5.57. The SMILES string of the molecule is N#C/C(C(=O)Nc1ccc(C(N)=O)cc1)=C(/O)C1CC1. The highest BCUT2D eigenvalue weighted by molar-refractivity contribution is 6.07. The number of nitrogens with zero attached hydrogens (tertiary/aromatic N) is 1. The van der Waals surface area contributed by atoms with Crippen LogP contribution in [0.5, 0.6) is 0 Å². The third-order valence-electron chi connectivity index (χ3n) is 2.99. The standard InChI is InChI=1S/C14H13N3O3/c15-7-11(12(18)8-1-2-8)14(20)17-10-5-3-9(4-6-10)13(16)19/h3-6,8,18H,1-2H2,(H2,16,19)(H,17,20)/b12-11-. The molecule has 0 radical (unpaired) electrons. The maximum Gasteiger partial charge on any atom is 0.269 e. The van der Waals surface area contributed by atoms with Crippen molar-refractivity contribution in [3.63, 3.8) is 0 Å². The van der Waals surface area contributed by atoms with Crippen LogP contribution in [0.3, 0.4) is 0 Å². The smallest absolute Gasteiger partial charge is 0.269 e. The second kappa shape index (κ2) is 5.45. The molecule has 1 aromatic carbocycles. The number of rotatable bonds is 4. The molecule has 1 aliphatic rings. The summed E-state index contributed by atoms with van der Waals surface area (Å²) >= 11 is 0. The van der Waals surface area contributed by atoms with Gasteiger partial charge < -0.3 is 16.2 Å². The summed E-state index contributed by atoms with van der Waals surface area (Å²) in [4.78, 5) is 22.8. The fourth-order valence-corrected chi connectivity index (χ4v) is 1.70. The summed E-state index contributed by atoms with van der Waals surface area (Å²) in [6.45, 7) is 0. The van der Waals surface area contributed by atoms with Crippen LogP contribution < -0.4 is 11.1 Å². The number of aliphatic hydroxyl groups excluding tert-OH is 1. The first-order valence-corrected chi connectivity index (χ1v) is 6.07. The van der Waals surface area contributed by atoms with E-state index in [9.17, 15) is 14.7 Å². The number of benzene rings is 1. The van der Waals surface area contributed by atoms with Gasteiger partial charge in [0.05, 0.1) is 0 Å². The van der Waals surface area contributed by atoms with Crippen LogP contribution in [0.1, 0.15) is 23.2 Å². The maximum absolute atomic E-state index is 11.9. The molecule has 0 saturated heterocycles. The maximum atomic E-state index is 11.9. The van der Waals surface area contributed by atoms with Crippen molar-refractivity contribution in [2.75, 3.05) is 5.32 Å². The van der Waals surface area contributed by atoms with E-state index in [-0.39, 0.29) is 17.3 Å². The van der Waals surface area contributed by atoms with Gasteiger partial charge in [-0.3, -0.25) is 9.59 Å². The number of nitriles is 1.